The van der Waals surface area contributed by atoms with Crippen LogP contribution >= 0.6 is 11.6 Å². The zero-order valence-corrected chi connectivity index (χ0v) is 9.63. The number of hydrogen-bond donors (Lipinski definition) is 0. The van der Waals surface area contributed by atoms with Crippen molar-refractivity contribution in [1.29, 1.82) is 0 Å². The quantitative estimate of drug-likeness (QED) is 0.393. The Bertz CT molecular complexity index is 15.5. The molecule has 0 rings (SSSR count). The van der Waals surface area contributed by atoms with Gasteiger partial charge in [-0.3, -0.25) is 0 Å². The molecule has 0 spiro atoms. The van der Waals surface area contributed by atoms with Gasteiger partial charge in [0.15, 0.2) is 0 Å². The molecule has 0 aromatic carbocycles. The van der Waals surface area contributed by atoms with Crippen LogP contribution in [-0.4, -0.2) is 5.38 Å². The monoisotopic (exact) mass is 164 g/mol. The number of alkyl halides is 1. The van der Waals surface area contributed by atoms with Crippen LogP contribution in [0, 0.1) is 0 Å². The van der Waals surface area contributed by atoms with Crippen LogP contribution < -0.4 is 58.2 Å². The third-order valence-corrected chi connectivity index (χ3v) is 0. The predicted octanol–water partition coefficient (Wildman–Crippen LogP) is -1.25. The Kier molecular flexibility index (Phi) is 12.4. The summed E-state index contributed by atoms with van der Waals surface area (Å²) in [6.07, 6.45) is 0. The fraction of sp³-hybridized carbons (Fsp3) is 1.00. The van der Waals surface area contributed by atoms with E-state index >= 15 is 0 Å². The molecule has 0 unspecified atom stereocenters. The molecule has 0 saturated heterocycles. The maximum Gasteiger partial charge on any atom is 1.00 e. The van der Waals surface area contributed by atoms with Crippen LogP contribution in [0.2, 0.25) is 0 Å². The summed E-state index contributed by atoms with van der Waals surface area (Å²) in [4.78, 5) is 0. The van der Waals surface area contributed by atoms with Crippen molar-refractivity contribution >= 4 is 11.6 Å². The molecule has 0 aromatic rings. The fourth-order valence-electron chi connectivity index (χ4n) is 0. The number of rotatable bonds is 0. The van der Waals surface area contributed by atoms with Gasteiger partial charge in [-0.1, -0.05) is 0 Å². The summed E-state index contributed by atoms with van der Waals surface area (Å²) < 4.78 is 0. The predicted molar refractivity (Wildman–Crippen MR) is 22.1 cm³/mol. The molecule has 0 nitrogen and oxygen atoms in total. The van der Waals surface area contributed by atoms with Crippen molar-refractivity contribution in [3.05, 3.63) is 0 Å². The van der Waals surface area contributed by atoms with Gasteiger partial charge in [0.1, 0.15) is 0 Å². The molecule has 0 aliphatic heterocycles. The van der Waals surface area contributed by atoms with Crippen molar-refractivity contribution in [1.82, 2.24) is 0 Å². The van der Waals surface area contributed by atoms with Gasteiger partial charge in [0.05, 0.1) is 0 Å². The Morgan fingerprint density at radius 1 is 1.60 bits per heavy atom. The summed E-state index contributed by atoms with van der Waals surface area (Å²) >= 11 is 5.27. The molecule has 0 heterocycles. The van der Waals surface area contributed by atoms with E-state index in [9.17, 15) is 0 Å². The molecule has 0 amide bonds. The van der Waals surface area contributed by atoms with Crippen LogP contribution in [0.3, 0.4) is 0 Å². The van der Waals surface area contributed by atoms with E-state index in [2.05, 4.69) is 0 Å². The molecule has 0 bridgehead atoms. The molecule has 0 atom stereocenters. The van der Waals surface area contributed by atoms with E-state index in [-0.39, 0.29) is 59.6 Å². The largest absolute Gasteiger partial charge is 1.00 e. The Morgan fingerprint density at radius 3 is 1.60 bits per heavy atom. The van der Waals surface area contributed by atoms with E-state index < -0.39 is 0 Å². The van der Waals surface area contributed by atoms with Gasteiger partial charge in [-0.2, -0.15) is 0 Å². The molecule has 0 N–H and O–H groups in total. The van der Waals surface area contributed by atoms with Gasteiger partial charge in [-0.25, -0.2) is 0 Å². The Labute approximate surface area is 88.6 Å². The second kappa shape index (κ2) is 6.10. The molecule has 0 aromatic heterocycles. The Balaban J connectivity index is -0.0000000450. The third-order valence-electron chi connectivity index (χ3n) is 0. The van der Waals surface area contributed by atoms with E-state index in [4.69, 9.17) is 11.6 Å². The van der Waals surface area contributed by atoms with Crippen molar-refractivity contribution in [2.75, 3.05) is 0 Å². The van der Waals surface area contributed by atoms with Gasteiger partial charge < -0.3 is 1.43 Å². The van der Waals surface area contributed by atoms with Crippen molar-refractivity contribution in [3.63, 3.8) is 0 Å². The summed E-state index contributed by atoms with van der Waals surface area (Å²) in [6.45, 7) is 3.86. The summed E-state index contributed by atoms with van der Waals surface area (Å²) in [6, 6.07) is 0. The fourth-order valence-corrected chi connectivity index (χ4v) is 0. The second-order valence-corrected chi connectivity index (χ2v) is 1.89. The number of hydrogen-bond acceptors (Lipinski definition) is 0. The first kappa shape index (κ1) is 10.2. The zero-order chi connectivity index (χ0) is 3.58. The first-order valence-electron chi connectivity index (χ1n) is 1.37. The minimum atomic E-state index is 0. The molecule has 5 heavy (non-hydrogen) atoms. The van der Waals surface area contributed by atoms with Crippen molar-refractivity contribution in [2.45, 2.75) is 19.2 Å². The molecule has 0 aliphatic carbocycles. The van der Waals surface area contributed by atoms with Crippen LogP contribution in [0.25, 0.3) is 0 Å². The van der Waals surface area contributed by atoms with Crippen molar-refractivity contribution < 1.29 is 59.6 Å². The SMILES string of the molecule is CC(C)Cl.[H-].[Rb+]. The second-order valence-electron chi connectivity index (χ2n) is 1.01. The van der Waals surface area contributed by atoms with E-state index in [0.717, 1.165) is 0 Å². The molecule has 0 aliphatic rings. The summed E-state index contributed by atoms with van der Waals surface area (Å²) in [5.41, 5.74) is 0. The zero-order valence-electron chi connectivity index (χ0n) is 4.96. The van der Waals surface area contributed by atoms with Gasteiger partial charge >= 0.3 is 58.2 Å². The minimum Gasteiger partial charge on any atom is -1.00 e. The van der Waals surface area contributed by atoms with Crippen LogP contribution in [0.4, 0.5) is 0 Å². The summed E-state index contributed by atoms with van der Waals surface area (Å²) in [7, 11) is 0. The van der Waals surface area contributed by atoms with Gasteiger partial charge in [0.2, 0.25) is 0 Å². The molecular formula is C3H8ClRb. The van der Waals surface area contributed by atoms with Gasteiger partial charge in [-0.05, 0) is 13.8 Å². The molecule has 0 fully saturated rings. The molecule has 28 valence electrons. The normalized spacial score (nSPS) is 7.20. The van der Waals surface area contributed by atoms with E-state index in [1.165, 1.54) is 0 Å². The maximum absolute atomic E-state index is 5.27. The Morgan fingerprint density at radius 2 is 1.60 bits per heavy atom. The maximum atomic E-state index is 5.27. The van der Waals surface area contributed by atoms with Crippen LogP contribution in [0.1, 0.15) is 15.3 Å². The van der Waals surface area contributed by atoms with Crippen molar-refractivity contribution in [3.8, 4) is 0 Å². The van der Waals surface area contributed by atoms with Gasteiger partial charge in [-0.15, -0.1) is 11.6 Å². The van der Waals surface area contributed by atoms with Gasteiger partial charge in [0.25, 0.3) is 0 Å². The average Bonchev–Trinajstić information content (AvgIpc) is 0.811. The van der Waals surface area contributed by atoms with Crippen LogP contribution in [0.15, 0.2) is 0 Å². The van der Waals surface area contributed by atoms with E-state index in [1.54, 1.807) is 0 Å². The average molecular weight is 165 g/mol. The third kappa shape index (κ3) is 23.3. The Hall–Kier alpha value is 2.10. The van der Waals surface area contributed by atoms with E-state index in [0.29, 0.717) is 5.38 Å². The first-order chi connectivity index (χ1) is 1.73. The van der Waals surface area contributed by atoms with Crippen LogP contribution in [-0.2, 0) is 0 Å². The molecule has 2 heteroatoms. The van der Waals surface area contributed by atoms with Crippen LogP contribution in [0.5, 0.6) is 0 Å². The summed E-state index contributed by atoms with van der Waals surface area (Å²) in [5, 5.41) is 0.306. The molecule has 0 radical (unpaired) electrons. The molecular weight excluding hydrogens is 157 g/mol. The minimum absolute atomic E-state index is 0. The van der Waals surface area contributed by atoms with Gasteiger partial charge in [0, 0.05) is 5.38 Å². The van der Waals surface area contributed by atoms with E-state index in [1.807, 2.05) is 13.8 Å². The summed E-state index contributed by atoms with van der Waals surface area (Å²) in [5.74, 6) is 0. The molecule has 0 saturated carbocycles. The standard InChI is InChI=1S/C3H7Cl.Rb.H/c1-3(2)4;;/h3H,1-2H3;;/q;+1;-1. The van der Waals surface area contributed by atoms with Crippen molar-refractivity contribution in [2.24, 2.45) is 0 Å². The topological polar surface area (TPSA) is 0 Å². The first-order valence-corrected chi connectivity index (χ1v) is 1.81. The smallest absolute Gasteiger partial charge is 1.00 e. The number of halogens is 1.